The Morgan fingerprint density at radius 3 is 3.06 bits per heavy atom. The maximum Gasteiger partial charge on any atom is 0.233 e. The Labute approximate surface area is 110 Å². The van der Waals surface area contributed by atoms with Crippen molar-refractivity contribution in [2.24, 2.45) is 5.92 Å². The second kappa shape index (κ2) is 6.35. The number of hydrogen-bond donors (Lipinski definition) is 0. The van der Waals surface area contributed by atoms with Gasteiger partial charge in [0.2, 0.25) is 5.91 Å². The second-order valence-electron chi connectivity index (χ2n) is 4.28. The predicted molar refractivity (Wildman–Crippen MR) is 70.2 cm³/mol. The Hall–Kier alpha value is -0.620. The van der Waals surface area contributed by atoms with E-state index >= 15 is 0 Å². The van der Waals surface area contributed by atoms with Crippen LogP contribution in [0.4, 0.5) is 0 Å². The van der Waals surface area contributed by atoms with E-state index < -0.39 is 0 Å². The topological polar surface area (TPSA) is 46.1 Å². The first kappa shape index (κ1) is 12.8. The molecule has 0 aromatic carbocycles. The second-order valence-corrected chi connectivity index (χ2v) is 6.33. The molecule has 4 nitrogen and oxygen atoms in total. The van der Waals surface area contributed by atoms with Crippen LogP contribution in [0.5, 0.6) is 0 Å². The summed E-state index contributed by atoms with van der Waals surface area (Å²) >= 11 is 2.98. The Bertz CT molecular complexity index is 352. The van der Waals surface area contributed by atoms with Gasteiger partial charge in [-0.3, -0.25) is 4.79 Å². The summed E-state index contributed by atoms with van der Waals surface area (Å²) in [6, 6.07) is 0. The fourth-order valence-corrected chi connectivity index (χ4v) is 3.03. The van der Waals surface area contributed by atoms with E-state index in [0.717, 1.165) is 29.8 Å². The molecule has 1 aliphatic carbocycles. The number of rotatable bonds is 7. The lowest BCUT2D eigenvalue weighted by Crippen LogP contribution is -2.34. The Morgan fingerprint density at radius 2 is 2.47 bits per heavy atom. The molecule has 94 valence electrons. The number of hydrogen-bond acceptors (Lipinski definition) is 5. The molecule has 6 heteroatoms. The third-order valence-electron chi connectivity index (χ3n) is 2.68. The number of aromatic nitrogens is 2. The van der Waals surface area contributed by atoms with Crippen LogP contribution in [0.2, 0.25) is 0 Å². The lowest BCUT2D eigenvalue weighted by molar-refractivity contribution is -0.128. The van der Waals surface area contributed by atoms with Gasteiger partial charge in [-0.05, 0) is 25.2 Å². The van der Waals surface area contributed by atoms with Gasteiger partial charge in [0.15, 0.2) is 4.34 Å². The minimum Gasteiger partial charge on any atom is -0.342 e. The summed E-state index contributed by atoms with van der Waals surface area (Å²) in [6.07, 6.45) is 3.61. The van der Waals surface area contributed by atoms with E-state index in [1.165, 1.54) is 35.9 Å². The van der Waals surface area contributed by atoms with Crippen LogP contribution in [0.3, 0.4) is 0 Å². The Kier molecular flexibility index (Phi) is 4.79. The highest BCUT2D eigenvalue weighted by atomic mass is 32.2. The van der Waals surface area contributed by atoms with Crippen LogP contribution in [0.25, 0.3) is 0 Å². The molecule has 1 aromatic rings. The molecule has 1 aliphatic rings. The van der Waals surface area contributed by atoms with Crippen molar-refractivity contribution in [2.45, 2.75) is 30.5 Å². The van der Waals surface area contributed by atoms with E-state index in [9.17, 15) is 4.79 Å². The van der Waals surface area contributed by atoms with Crippen LogP contribution >= 0.6 is 23.1 Å². The van der Waals surface area contributed by atoms with Gasteiger partial charge in [0.05, 0.1) is 5.75 Å². The molecule has 1 saturated carbocycles. The summed E-state index contributed by atoms with van der Waals surface area (Å²) in [7, 11) is 0. The number of carbonyl (C=O) groups excluding carboxylic acids is 1. The zero-order valence-electron chi connectivity index (χ0n) is 9.96. The molecule has 0 bridgehead atoms. The first-order chi connectivity index (χ1) is 8.29. The Balaban J connectivity index is 1.78. The van der Waals surface area contributed by atoms with Crippen molar-refractivity contribution in [3.63, 3.8) is 0 Å². The summed E-state index contributed by atoms with van der Waals surface area (Å²) < 4.78 is 0.876. The minimum absolute atomic E-state index is 0.235. The SMILES string of the molecule is CCCN(CC1CC1)C(=O)CSc1nncs1. The molecule has 0 spiro atoms. The minimum atomic E-state index is 0.235. The highest BCUT2D eigenvalue weighted by molar-refractivity contribution is 8.01. The maximum absolute atomic E-state index is 12.1. The first-order valence-corrected chi connectivity index (χ1v) is 7.83. The molecule has 1 aromatic heterocycles. The van der Waals surface area contributed by atoms with Gasteiger partial charge in [0.1, 0.15) is 5.51 Å². The lowest BCUT2D eigenvalue weighted by atomic mass is 10.3. The molecule has 0 atom stereocenters. The summed E-state index contributed by atoms with van der Waals surface area (Å²) in [5, 5.41) is 7.69. The van der Waals surface area contributed by atoms with Crippen LogP contribution < -0.4 is 0 Å². The molecule has 1 fully saturated rings. The van der Waals surface area contributed by atoms with E-state index in [1.54, 1.807) is 5.51 Å². The predicted octanol–water partition coefficient (Wildman–Crippen LogP) is 2.28. The van der Waals surface area contributed by atoms with Gasteiger partial charge in [-0.2, -0.15) is 0 Å². The van der Waals surface area contributed by atoms with Crippen molar-refractivity contribution < 1.29 is 4.79 Å². The van der Waals surface area contributed by atoms with Crippen LogP contribution in [-0.2, 0) is 4.79 Å². The van der Waals surface area contributed by atoms with Crippen LogP contribution in [0.1, 0.15) is 26.2 Å². The first-order valence-electron chi connectivity index (χ1n) is 5.96. The number of thioether (sulfide) groups is 1. The van der Waals surface area contributed by atoms with Gasteiger partial charge >= 0.3 is 0 Å². The molecule has 0 N–H and O–H groups in total. The molecule has 0 saturated heterocycles. The third-order valence-corrected chi connectivity index (χ3v) is 4.53. The number of amides is 1. The smallest absolute Gasteiger partial charge is 0.233 e. The van der Waals surface area contributed by atoms with Crippen LogP contribution in [0, 0.1) is 5.92 Å². The van der Waals surface area contributed by atoms with Crippen molar-refractivity contribution in [1.29, 1.82) is 0 Å². The van der Waals surface area contributed by atoms with Gasteiger partial charge in [-0.15, -0.1) is 10.2 Å². The number of carbonyl (C=O) groups is 1. The van der Waals surface area contributed by atoms with E-state index in [0.29, 0.717) is 5.75 Å². The van der Waals surface area contributed by atoms with Gasteiger partial charge in [0.25, 0.3) is 0 Å². The average molecular weight is 271 g/mol. The van der Waals surface area contributed by atoms with Gasteiger partial charge in [-0.1, -0.05) is 30.0 Å². The summed E-state index contributed by atoms with van der Waals surface area (Å²) in [4.78, 5) is 14.1. The third kappa shape index (κ3) is 4.27. The van der Waals surface area contributed by atoms with Gasteiger partial charge in [0, 0.05) is 13.1 Å². The number of nitrogens with zero attached hydrogens (tertiary/aromatic N) is 3. The fraction of sp³-hybridized carbons (Fsp3) is 0.727. The summed E-state index contributed by atoms with van der Waals surface area (Å²) in [5.74, 6) is 1.48. The van der Waals surface area contributed by atoms with Gasteiger partial charge in [-0.25, -0.2) is 0 Å². The van der Waals surface area contributed by atoms with E-state index in [-0.39, 0.29) is 5.91 Å². The standard InChI is InChI=1S/C11H17N3OS2/c1-2-5-14(6-9-3-4-9)10(15)7-16-11-13-12-8-17-11/h8-9H,2-7H2,1H3. The van der Waals surface area contributed by atoms with E-state index in [4.69, 9.17) is 0 Å². The highest BCUT2D eigenvalue weighted by Gasteiger charge is 2.26. The Morgan fingerprint density at radius 1 is 1.65 bits per heavy atom. The molecule has 0 radical (unpaired) electrons. The van der Waals surface area contributed by atoms with Crippen molar-refractivity contribution in [3.8, 4) is 0 Å². The zero-order valence-corrected chi connectivity index (χ0v) is 11.6. The van der Waals surface area contributed by atoms with Crippen molar-refractivity contribution in [3.05, 3.63) is 5.51 Å². The lowest BCUT2D eigenvalue weighted by Gasteiger charge is -2.21. The fourth-order valence-electron chi connectivity index (χ4n) is 1.64. The zero-order chi connectivity index (χ0) is 12.1. The molecular weight excluding hydrogens is 254 g/mol. The molecule has 1 heterocycles. The molecule has 17 heavy (non-hydrogen) atoms. The van der Waals surface area contributed by atoms with E-state index in [1.807, 2.05) is 4.90 Å². The van der Waals surface area contributed by atoms with Crippen molar-refractivity contribution in [2.75, 3.05) is 18.8 Å². The van der Waals surface area contributed by atoms with Crippen molar-refractivity contribution in [1.82, 2.24) is 15.1 Å². The molecule has 1 amide bonds. The monoisotopic (exact) mass is 271 g/mol. The van der Waals surface area contributed by atoms with E-state index in [2.05, 4.69) is 17.1 Å². The normalized spacial score (nSPS) is 14.9. The van der Waals surface area contributed by atoms with Crippen molar-refractivity contribution >= 4 is 29.0 Å². The summed E-state index contributed by atoms with van der Waals surface area (Å²) in [6.45, 7) is 3.94. The molecular formula is C11H17N3OS2. The van der Waals surface area contributed by atoms with Gasteiger partial charge < -0.3 is 4.90 Å². The molecule has 0 aliphatic heterocycles. The summed E-state index contributed by atoms with van der Waals surface area (Å²) in [5.41, 5.74) is 1.70. The highest BCUT2D eigenvalue weighted by Crippen LogP contribution is 2.30. The average Bonchev–Trinajstić information content (AvgIpc) is 2.99. The molecule has 2 rings (SSSR count). The maximum atomic E-state index is 12.1. The largest absolute Gasteiger partial charge is 0.342 e. The molecule has 0 unspecified atom stereocenters. The van der Waals surface area contributed by atoms with Crippen LogP contribution in [-0.4, -0.2) is 39.8 Å². The quantitative estimate of drug-likeness (QED) is 0.714. The van der Waals surface area contributed by atoms with Crippen LogP contribution in [0.15, 0.2) is 9.85 Å².